The van der Waals surface area contributed by atoms with Gasteiger partial charge in [0.25, 0.3) is 0 Å². The molecule has 0 aliphatic heterocycles. The highest BCUT2D eigenvalue weighted by atomic mass is 19.1. The second-order valence-corrected chi connectivity index (χ2v) is 2.97. The van der Waals surface area contributed by atoms with Crippen LogP contribution in [0, 0.1) is 0 Å². The fourth-order valence-electron chi connectivity index (χ4n) is 1.21. The molecular formula is C11H15FO2. The molecule has 78 valence electrons. The zero-order chi connectivity index (χ0) is 10.2. The molecule has 1 N–H and O–H groups in total. The summed E-state index contributed by atoms with van der Waals surface area (Å²) in [5, 5.41) is 8.80. The fourth-order valence-corrected chi connectivity index (χ4v) is 1.21. The number of hydrogen-bond acceptors (Lipinski definition) is 2. The number of rotatable bonds is 6. The second-order valence-electron chi connectivity index (χ2n) is 2.97. The molecule has 0 unspecified atom stereocenters. The van der Waals surface area contributed by atoms with Gasteiger partial charge in [0.1, 0.15) is 5.75 Å². The van der Waals surface area contributed by atoms with Crippen molar-refractivity contribution in [3.8, 4) is 5.75 Å². The van der Waals surface area contributed by atoms with Crippen molar-refractivity contribution < 1.29 is 14.2 Å². The quantitative estimate of drug-likeness (QED) is 0.708. The molecule has 14 heavy (non-hydrogen) atoms. The number of benzene rings is 1. The smallest absolute Gasteiger partial charge is 0.122 e. The molecule has 0 aliphatic rings. The maximum absolute atomic E-state index is 11.8. The standard InChI is InChI=1S/C11H15FO2/c12-7-3-9-14-11-5-2-1-4-10(11)6-8-13/h1-2,4-5,13H,3,6-9H2. The molecule has 0 aliphatic carbocycles. The SMILES string of the molecule is OCCc1ccccc1OCCCF. The predicted octanol–water partition coefficient (Wildman–Crippen LogP) is 1.96. The first-order chi connectivity index (χ1) is 6.88. The van der Waals surface area contributed by atoms with E-state index in [2.05, 4.69) is 0 Å². The Morgan fingerprint density at radius 2 is 2.07 bits per heavy atom. The van der Waals surface area contributed by atoms with Crippen LogP contribution in [-0.4, -0.2) is 25.0 Å². The average molecular weight is 198 g/mol. The summed E-state index contributed by atoms with van der Waals surface area (Å²) in [7, 11) is 0. The van der Waals surface area contributed by atoms with Crippen molar-refractivity contribution in [1.82, 2.24) is 0 Å². The maximum Gasteiger partial charge on any atom is 0.122 e. The molecule has 0 heterocycles. The Kier molecular flexibility index (Phi) is 5.00. The van der Waals surface area contributed by atoms with Gasteiger partial charge in [-0.25, -0.2) is 0 Å². The Labute approximate surface area is 83.3 Å². The van der Waals surface area contributed by atoms with E-state index in [0.717, 1.165) is 11.3 Å². The van der Waals surface area contributed by atoms with Gasteiger partial charge < -0.3 is 9.84 Å². The van der Waals surface area contributed by atoms with Gasteiger partial charge in [-0.15, -0.1) is 0 Å². The van der Waals surface area contributed by atoms with Crippen LogP contribution in [0.4, 0.5) is 4.39 Å². The molecule has 1 aromatic carbocycles. The van der Waals surface area contributed by atoms with Crippen molar-refractivity contribution in [2.75, 3.05) is 19.9 Å². The van der Waals surface area contributed by atoms with Gasteiger partial charge in [0, 0.05) is 13.0 Å². The number of para-hydroxylation sites is 1. The minimum absolute atomic E-state index is 0.101. The van der Waals surface area contributed by atoms with E-state index >= 15 is 0 Å². The van der Waals surface area contributed by atoms with E-state index in [0.29, 0.717) is 19.4 Å². The van der Waals surface area contributed by atoms with Crippen molar-refractivity contribution in [1.29, 1.82) is 0 Å². The lowest BCUT2D eigenvalue weighted by molar-refractivity contribution is 0.277. The van der Waals surface area contributed by atoms with Crippen LogP contribution < -0.4 is 4.74 Å². The highest BCUT2D eigenvalue weighted by molar-refractivity contribution is 5.33. The molecule has 0 radical (unpaired) electrons. The number of hydrogen-bond donors (Lipinski definition) is 1. The molecule has 2 nitrogen and oxygen atoms in total. The summed E-state index contributed by atoms with van der Waals surface area (Å²) in [6.45, 7) is 0.130. The number of halogens is 1. The average Bonchev–Trinajstić information content (AvgIpc) is 2.21. The van der Waals surface area contributed by atoms with Crippen LogP contribution in [-0.2, 0) is 6.42 Å². The molecule has 1 aromatic rings. The Morgan fingerprint density at radius 1 is 1.29 bits per heavy atom. The molecule has 1 rings (SSSR count). The van der Waals surface area contributed by atoms with Crippen molar-refractivity contribution in [3.63, 3.8) is 0 Å². The van der Waals surface area contributed by atoms with Crippen molar-refractivity contribution in [2.24, 2.45) is 0 Å². The summed E-state index contributed by atoms with van der Waals surface area (Å²) in [5.41, 5.74) is 0.967. The van der Waals surface area contributed by atoms with Crippen LogP contribution in [0.3, 0.4) is 0 Å². The number of aliphatic hydroxyl groups excluding tert-OH is 1. The van der Waals surface area contributed by atoms with Crippen molar-refractivity contribution in [3.05, 3.63) is 29.8 Å². The first-order valence-electron chi connectivity index (χ1n) is 4.76. The van der Waals surface area contributed by atoms with E-state index in [9.17, 15) is 4.39 Å². The Hall–Kier alpha value is -1.09. The lowest BCUT2D eigenvalue weighted by atomic mass is 10.1. The largest absolute Gasteiger partial charge is 0.493 e. The molecule has 0 saturated heterocycles. The topological polar surface area (TPSA) is 29.5 Å². The molecule has 0 aromatic heterocycles. The minimum Gasteiger partial charge on any atom is -0.493 e. The van der Waals surface area contributed by atoms with E-state index in [-0.39, 0.29) is 13.3 Å². The minimum atomic E-state index is -0.359. The van der Waals surface area contributed by atoms with E-state index in [1.165, 1.54) is 0 Å². The van der Waals surface area contributed by atoms with Gasteiger partial charge in [-0.1, -0.05) is 18.2 Å². The molecule has 3 heteroatoms. The molecule has 0 bridgehead atoms. The lowest BCUT2D eigenvalue weighted by Gasteiger charge is -2.09. The van der Waals surface area contributed by atoms with Gasteiger partial charge in [-0.2, -0.15) is 0 Å². The van der Waals surface area contributed by atoms with Crippen LogP contribution in [0.5, 0.6) is 5.75 Å². The summed E-state index contributed by atoms with van der Waals surface area (Å²) in [6, 6.07) is 7.50. The van der Waals surface area contributed by atoms with Crippen LogP contribution in [0.15, 0.2) is 24.3 Å². The van der Waals surface area contributed by atoms with Gasteiger partial charge >= 0.3 is 0 Å². The third-order valence-electron chi connectivity index (χ3n) is 1.89. The van der Waals surface area contributed by atoms with Crippen LogP contribution in [0.25, 0.3) is 0 Å². The van der Waals surface area contributed by atoms with Gasteiger partial charge in [-0.05, 0) is 18.1 Å². The molecule has 0 amide bonds. The molecule has 0 atom stereocenters. The van der Waals surface area contributed by atoms with Gasteiger partial charge in [-0.3, -0.25) is 4.39 Å². The highest BCUT2D eigenvalue weighted by Crippen LogP contribution is 2.18. The molecule has 0 spiro atoms. The third kappa shape index (κ3) is 3.34. The van der Waals surface area contributed by atoms with Gasteiger partial charge in [0.15, 0.2) is 0 Å². The molecule has 0 saturated carbocycles. The normalized spacial score (nSPS) is 10.1. The first-order valence-corrected chi connectivity index (χ1v) is 4.76. The summed E-state index contributed by atoms with van der Waals surface area (Å²) < 4.78 is 17.2. The van der Waals surface area contributed by atoms with Crippen molar-refractivity contribution in [2.45, 2.75) is 12.8 Å². The predicted molar refractivity (Wildman–Crippen MR) is 53.3 cm³/mol. The zero-order valence-electron chi connectivity index (χ0n) is 8.08. The van der Waals surface area contributed by atoms with Crippen LogP contribution in [0.1, 0.15) is 12.0 Å². The first kappa shape index (κ1) is 11.0. The van der Waals surface area contributed by atoms with E-state index in [4.69, 9.17) is 9.84 Å². The van der Waals surface area contributed by atoms with Crippen LogP contribution in [0.2, 0.25) is 0 Å². The monoisotopic (exact) mass is 198 g/mol. The molecular weight excluding hydrogens is 183 g/mol. The number of ether oxygens (including phenoxy) is 1. The number of alkyl halides is 1. The summed E-state index contributed by atoms with van der Waals surface area (Å²) in [6.07, 6.45) is 0.985. The van der Waals surface area contributed by atoms with E-state index in [1.807, 2.05) is 24.3 Å². The third-order valence-corrected chi connectivity index (χ3v) is 1.89. The van der Waals surface area contributed by atoms with E-state index < -0.39 is 0 Å². The maximum atomic E-state index is 11.8. The number of aliphatic hydroxyl groups is 1. The summed E-state index contributed by atoms with van der Waals surface area (Å²) in [4.78, 5) is 0. The fraction of sp³-hybridized carbons (Fsp3) is 0.455. The Bertz CT molecular complexity index is 263. The Balaban J connectivity index is 2.55. The zero-order valence-corrected chi connectivity index (χ0v) is 8.08. The Morgan fingerprint density at radius 3 is 2.79 bits per heavy atom. The highest BCUT2D eigenvalue weighted by Gasteiger charge is 2.01. The summed E-state index contributed by atoms with van der Waals surface area (Å²) >= 11 is 0. The summed E-state index contributed by atoms with van der Waals surface area (Å²) in [5.74, 6) is 0.745. The van der Waals surface area contributed by atoms with Crippen LogP contribution >= 0.6 is 0 Å². The second kappa shape index (κ2) is 6.38. The molecule has 0 fully saturated rings. The van der Waals surface area contributed by atoms with Gasteiger partial charge in [0.2, 0.25) is 0 Å². The lowest BCUT2D eigenvalue weighted by Crippen LogP contribution is -2.02. The van der Waals surface area contributed by atoms with Crippen molar-refractivity contribution >= 4 is 0 Å². The van der Waals surface area contributed by atoms with E-state index in [1.54, 1.807) is 0 Å². The van der Waals surface area contributed by atoms with Gasteiger partial charge in [0.05, 0.1) is 13.3 Å².